The molecule has 0 aromatic heterocycles. The van der Waals surface area contributed by atoms with Gasteiger partial charge in [0.05, 0.1) is 19.3 Å². The molecule has 3 nitrogen and oxygen atoms in total. The Kier molecular flexibility index (Phi) is 4.91. The van der Waals surface area contributed by atoms with Gasteiger partial charge in [-0.3, -0.25) is 4.90 Å². The van der Waals surface area contributed by atoms with Crippen LogP contribution in [0.3, 0.4) is 0 Å². The monoisotopic (exact) mass is 267 g/mol. The minimum Gasteiger partial charge on any atom is -0.393 e. The van der Waals surface area contributed by atoms with Gasteiger partial charge in [-0.1, -0.05) is 6.07 Å². The van der Waals surface area contributed by atoms with E-state index in [-0.39, 0.29) is 18.0 Å². The molecule has 1 aromatic rings. The summed E-state index contributed by atoms with van der Waals surface area (Å²) in [7, 11) is 0. The molecular weight excluding hydrogens is 245 g/mol. The Hall–Kier alpha value is -0.970. The van der Waals surface area contributed by atoms with Crippen molar-refractivity contribution in [3.63, 3.8) is 0 Å². The minimum atomic E-state index is -0.345. The molecule has 1 aromatic carbocycles. The van der Waals surface area contributed by atoms with Crippen molar-refractivity contribution in [1.29, 1.82) is 0 Å². The molecule has 0 radical (unpaired) electrons. The van der Waals surface area contributed by atoms with Gasteiger partial charge in [0.15, 0.2) is 0 Å². The second-order valence-electron chi connectivity index (χ2n) is 5.35. The number of rotatable bonds is 4. The standard InChI is InChI=1S/C15H22FNO2/c1-11-3-4-14(16)8-13(11)9-17-5-6-19-10-15(17)7-12(2)18/h3-4,8,12,15,18H,5-7,9-10H2,1-2H3/t12-,15-/m1/s1. The smallest absolute Gasteiger partial charge is 0.123 e. The molecule has 1 fully saturated rings. The van der Waals surface area contributed by atoms with Gasteiger partial charge in [-0.05, 0) is 43.5 Å². The number of morpholine rings is 1. The highest BCUT2D eigenvalue weighted by molar-refractivity contribution is 5.26. The molecule has 0 amide bonds. The highest BCUT2D eigenvalue weighted by Gasteiger charge is 2.24. The Labute approximate surface area is 114 Å². The molecule has 0 unspecified atom stereocenters. The van der Waals surface area contributed by atoms with E-state index in [1.165, 1.54) is 6.07 Å². The van der Waals surface area contributed by atoms with Gasteiger partial charge >= 0.3 is 0 Å². The lowest BCUT2D eigenvalue weighted by Crippen LogP contribution is -2.46. The molecule has 19 heavy (non-hydrogen) atoms. The Balaban J connectivity index is 2.08. The van der Waals surface area contributed by atoms with Crippen LogP contribution in [0.1, 0.15) is 24.5 Å². The average Bonchev–Trinajstić information content (AvgIpc) is 2.35. The van der Waals surface area contributed by atoms with Crippen LogP contribution in [0, 0.1) is 12.7 Å². The Morgan fingerprint density at radius 3 is 3.05 bits per heavy atom. The number of ether oxygens (including phenoxy) is 1. The van der Waals surface area contributed by atoms with Gasteiger partial charge in [0, 0.05) is 19.1 Å². The first-order valence-corrected chi connectivity index (χ1v) is 6.81. The molecule has 2 atom stereocenters. The predicted octanol–water partition coefficient (Wildman–Crippen LogP) is 2.11. The van der Waals surface area contributed by atoms with E-state index in [9.17, 15) is 9.50 Å². The van der Waals surface area contributed by atoms with Crippen molar-refractivity contribution < 1.29 is 14.2 Å². The summed E-state index contributed by atoms with van der Waals surface area (Å²) in [6, 6.07) is 5.11. The summed E-state index contributed by atoms with van der Waals surface area (Å²) in [5, 5.41) is 9.54. The van der Waals surface area contributed by atoms with Gasteiger partial charge in [0.2, 0.25) is 0 Å². The summed E-state index contributed by atoms with van der Waals surface area (Å²) >= 11 is 0. The number of halogens is 1. The van der Waals surface area contributed by atoms with Crippen LogP contribution in [-0.2, 0) is 11.3 Å². The summed E-state index contributed by atoms with van der Waals surface area (Å²) in [6.07, 6.45) is 0.344. The summed E-state index contributed by atoms with van der Waals surface area (Å²) in [5.41, 5.74) is 2.11. The van der Waals surface area contributed by atoms with Crippen LogP contribution in [0.25, 0.3) is 0 Å². The molecule has 1 N–H and O–H groups in total. The molecule has 1 aliphatic heterocycles. The maximum Gasteiger partial charge on any atom is 0.123 e. The topological polar surface area (TPSA) is 32.7 Å². The number of benzene rings is 1. The zero-order valence-electron chi connectivity index (χ0n) is 11.6. The van der Waals surface area contributed by atoms with Gasteiger partial charge in [-0.15, -0.1) is 0 Å². The maximum atomic E-state index is 13.3. The van der Waals surface area contributed by atoms with E-state index in [1.807, 2.05) is 13.0 Å². The van der Waals surface area contributed by atoms with E-state index in [2.05, 4.69) is 4.90 Å². The lowest BCUT2D eigenvalue weighted by Gasteiger charge is -2.36. The number of aryl methyl sites for hydroxylation is 1. The van der Waals surface area contributed by atoms with Crippen molar-refractivity contribution in [2.45, 2.75) is 39.0 Å². The molecule has 0 spiro atoms. The molecule has 0 aliphatic carbocycles. The van der Waals surface area contributed by atoms with Crippen LogP contribution in [0.15, 0.2) is 18.2 Å². The van der Waals surface area contributed by atoms with Crippen molar-refractivity contribution in [2.75, 3.05) is 19.8 Å². The van der Waals surface area contributed by atoms with Gasteiger partial charge in [0.25, 0.3) is 0 Å². The zero-order chi connectivity index (χ0) is 13.8. The maximum absolute atomic E-state index is 13.3. The fraction of sp³-hybridized carbons (Fsp3) is 0.600. The van der Waals surface area contributed by atoms with Crippen LogP contribution < -0.4 is 0 Å². The second kappa shape index (κ2) is 6.46. The first-order valence-electron chi connectivity index (χ1n) is 6.81. The molecule has 1 aliphatic rings. The van der Waals surface area contributed by atoms with Crippen LogP contribution in [-0.4, -0.2) is 41.9 Å². The highest BCUT2D eigenvalue weighted by atomic mass is 19.1. The van der Waals surface area contributed by atoms with Crippen molar-refractivity contribution in [3.05, 3.63) is 35.1 Å². The van der Waals surface area contributed by atoms with Crippen LogP contribution >= 0.6 is 0 Å². The Morgan fingerprint density at radius 1 is 1.53 bits per heavy atom. The van der Waals surface area contributed by atoms with E-state index in [0.29, 0.717) is 26.2 Å². The quantitative estimate of drug-likeness (QED) is 0.907. The lowest BCUT2D eigenvalue weighted by atomic mass is 10.0. The van der Waals surface area contributed by atoms with Crippen LogP contribution in [0.4, 0.5) is 4.39 Å². The van der Waals surface area contributed by atoms with Gasteiger partial charge in [-0.25, -0.2) is 4.39 Å². The Morgan fingerprint density at radius 2 is 2.32 bits per heavy atom. The SMILES string of the molecule is Cc1ccc(F)cc1CN1CCOC[C@H]1C[C@@H](C)O. The zero-order valence-corrected chi connectivity index (χ0v) is 11.6. The largest absolute Gasteiger partial charge is 0.393 e. The molecule has 0 bridgehead atoms. The Bertz CT molecular complexity index is 423. The number of hydrogen-bond donors (Lipinski definition) is 1. The third-order valence-electron chi connectivity index (χ3n) is 3.65. The summed E-state index contributed by atoms with van der Waals surface area (Å²) < 4.78 is 18.8. The van der Waals surface area contributed by atoms with Crippen molar-refractivity contribution >= 4 is 0 Å². The third-order valence-corrected chi connectivity index (χ3v) is 3.65. The van der Waals surface area contributed by atoms with E-state index >= 15 is 0 Å². The second-order valence-corrected chi connectivity index (χ2v) is 5.35. The van der Waals surface area contributed by atoms with E-state index < -0.39 is 0 Å². The fourth-order valence-electron chi connectivity index (χ4n) is 2.54. The molecule has 1 heterocycles. The fourth-order valence-corrected chi connectivity index (χ4v) is 2.54. The van der Waals surface area contributed by atoms with Crippen molar-refractivity contribution in [3.8, 4) is 0 Å². The van der Waals surface area contributed by atoms with Gasteiger partial charge in [-0.2, -0.15) is 0 Å². The third kappa shape index (κ3) is 4.00. The number of aliphatic hydroxyl groups excluding tert-OH is 1. The van der Waals surface area contributed by atoms with E-state index in [1.54, 1.807) is 13.0 Å². The molecular formula is C15H22FNO2. The highest BCUT2D eigenvalue weighted by Crippen LogP contribution is 2.19. The predicted molar refractivity (Wildman–Crippen MR) is 72.5 cm³/mol. The molecule has 4 heteroatoms. The van der Waals surface area contributed by atoms with Gasteiger partial charge < -0.3 is 9.84 Å². The van der Waals surface area contributed by atoms with E-state index in [0.717, 1.165) is 17.7 Å². The van der Waals surface area contributed by atoms with Crippen LogP contribution in [0.2, 0.25) is 0 Å². The van der Waals surface area contributed by atoms with Crippen LogP contribution in [0.5, 0.6) is 0 Å². The summed E-state index contributed by atoms with van der Waals surface area (Å²) in [4.78, 5) is 2.28. The molecule has 2 rings (SSSR count). The van der Waals surface area contributed by atoms with E-state index in [4.69, 9.17) is 4.74 Å². The lowest BCUT2D eigenvalue weighted by molar-refractivity contribution is -0.0277. The summed E-state index contributed by atoms with van der Waals surface area (Å²) in [5.74, 6) is -0.194. The first-order chi connectivity index (χ1) is 9.06. The molecule has 106 valence electrons. The number of hydrogen-bond acceptors (Lipinski definition) is 3. The minimum absolute atomic E-state index is 0.194. The van der Waals surface area contributed by atoms with Crippen molar-refractivity contribution in [2.24, 2.45) is 0 Å². The summed E-state index contributed by atoms with van der Waals surface area (Å²) in [6.45, 7) is 6.67. The normalized spacial score (nSPS) is 22.4. The molecule has 0 saturated carbocycles. The molecule has 1 saturated heterocycles. The first kappa shape index (κ1) is 14.4. The number of aliphatic hydroxyl groups is 1. The number of nitrogens with zero attached hydrogens (tertiary/aromatic N) is 1. The average molecular weight is 267 g/mol. The van der Waals surface area contributed by atoms with Crippen molar-refractivity contribution in [1.82, 2.24) is 4.90 Å². The van der Waals surface area contributed by atoms with Gasteiger partial charge in [0.1, 0.15) is 5.82 Å².